The van der Waals surface area contributed by atoms with E-state index in [9.17, 15) is 4.21 Å². The van der Waals surface area contributed by atoms with Crippen LogP contribution >= 0.6 is 0 Å². The van der Waals surface area contributed by atoms with E-state index < -0.39 is 18.4 Å². The van der Waals surface area contributed by atoms with Crippen LogP contribution in [0, 0.1) is 6.92 Å². The average molecular weight is 394 g/mol. The first-order valence-electron chi connectivity index (χ1n) is 8.15. The Balaban J connectivity index is 0.000000620. The average Bonchev–Trinajstić information content (AvgIpc) is 2.54. The first kappa shape index (κ1) is 23.6. The highest BCUT2D eigenvalue weighted by Crippen LogP contribution is 2.18. The molecular weight excluding hydrogens is 364 g/mol. The molecule has 0 saturated heterocycles. The van der Waals surface area contributed by atoms with Gasteiger partial charge in [-0.25, -0.2) is 11.2 Å². The number of aryl methyl sites for hydroxylation is 1. The van der Waals surface area contributed by atoms with Crippen LogP contribution in [-0.2, 0) is 42.5 Å². The Kier molecular flexibility index (Phi) is 14.7. The summed E-state index contributed by atoms with van der Waals surface area (Å²) in [6.07, 6.45) is 0.661. The van der Waals surface area contributed by atoms with Crippen LogP contribution in [0.2, 0.25) is 6.04 Å². The van der Waals surface area contributed by atoms with Crippen LogP contribution in [-0.4, -0.2) is 35.2 Å². The molecule has 0 aliphatic rings. The Hall–Kier alpha value is -0.353. The summed E-state index contributed by atoms with van der Waals surface area (Å²) < 4.78 is 32.3. The van der Waals surface area contributed by atoms with Crippen molar-refractivity contribution in [1.82, 2.24) is 0 Å². The molecular formula is C16H29O5S2Si-. The molecule has 0 bridgehead atoms. The second kappa shape index (κ2) is 14.9. The van der Waals surface area contributed by atoms with E-state index >= 15 is 0 Å². The second-order valence-corrected chi connectivity index (χ2v) is 8.96. The lowest BCUT2D eigenvalue weighted by molar-refractivity contribution is 0.0698. The molecule has 0 aromatic heterocycles. The van der Waals surface area contributed by atoms with Crippen LogP contribution in [0.1, 0.15) is 32.8 Å². The number of benzene rings is 1. The maximum Gasteiger partial charge on any atom is 0.501 e. The maximum atomic E-state index is 10.6. The van der Waals surface area contributed by atoms with Gasteiger partial charge in [0.2, 0.25) is 0 Å². The van der Waals surface area contributed by atoms with Crippen molar-refractivity contribution in [2.75, 3.05) is 26.4 Å². The maximum absolute atomic E-state index is 10.6. The predicted molar refractivity (Wildman–Crippen MR) is 103 cm³/mol. The molecule has 140 valence electrons. The van der Waals surface area contributed by atoms with E-state index in [2.05, 4.69) is 30.2 Å². The smallest absolute Gasteiger partial charge is 0.444 e. The minimum Gasteiger partial charge on any atom is -0.444 e. The molecule has 0 atom stereocenters. The van der Waals surface area contributed by atoms with E-state index in [0.29, 0.717) is 38.9 Å². The van der Waals surface area contributed by atoms with Crippen LogP contribution in [0.15, 0.2) is 30.3 Å². The van der Waals surface area contributed by atoms with E-state index in [0.717, 1.165) is 0 Å². The first-order chi connectivity index (χ1) is 11.5. The molecule has 0 amide bonds. The van der Waals surface area contributed by atoms with Gasteiger partial charge in [-0.05, 0) is 34.1 Å². The zero-order valence-corrected chi connectivity index (χ0v) is 17.6. The van der Waals surface area contributed by atoms with Crippen LogP contribution < -0.4 is 0 Å². The van der Waals surface area contributed by atoms with Crippen molar-refractivity contribution in [3.8, 4) is 0 Å². The van der Waals surface area contributed by atoms with Crippen molar-refractivity contribution in [1.29, 1.82) is 0 Å². The molecule has 1 aromatic rings. The summed E-state index contributed by atoms with van der Waals surface area (Å²) in [5.41, 5.74) is 1.32. The highest BCUT2D eigenvalue weighted by atomic mass is 32.8. The van der Waals surface area contributed by atoms with Crippen LogP contribution in [0.5, 0.6) is 0 Å². The van der Waals surface area contributed by atoms with Gasteiger partial charge >= 0.3 is 8.80 Å². The zero-order chi connectivity index (χ0) is 18.3. The fourth-order valence-electron chi connectivity index (χ4n) is 1.95. The van der Waals surface area contributed by atoms with E-state index in [1.807, 2.05) is 39.0 Å². The van der Waals surface area contributed by atoms with Gasteiger partial charge in [-0.3, -0.25) is 0 Å². The third-order valence-corrected chi connectivity index (χ3v) is 6.64. The Bertz CT molecular complexity index is 458. The second-order valence-electron chi connectivity index (χ2n) is 4.77. The van der Waals surface area contributed by atoms with Gasteiger partial charge < -0.3 is 21.7 Å². The molecule has 0 fully saturated rings. The molecule has 0 radical (unpaired) electrons. The van der Waals surface area contributed by atoms with Gasteiger partial charge in [0.05, 0.1) is 0 Å². The molecule has 8 heteroatoms. The van der Waals surface area contributed by atoms with Crippen LogP contribution in [0.3, 0.4) is 0 Å². The Labute approximate surface area is 153 Å². The molecule has 1 aromatic carbocycles. The highest BCUT2D eigenvalue weighted by Gasteiger charge is 2.39. The molecule has 5 nitrogen and oxygen atoms in total. The lowest BCUT2D eigenvalue weighted by Crippen LogP contribution is -2.46. The van der Waals surface area contributed by atoms with Gasteiger partial charge in [-0.2, -0.15) is 0 Å². The Morgan fingerprint density at radius 2 is 1.50 bits per heavy atom. The van der Waals surface area contributed by atoms with Gasteiger partial charge in [0.25, 0.3) is 0 Å². The van der Waals surface area contributed by atoms with E-state index in [4.69, 9.17) is 17.5 Å². The van der Waals surface area contributed by atoms with Gasteiger partial charge in [0, 0.05) is 32.5 Å². The SMILES string of the molecule is CCO[Si](CCCO[S-](=O)=S)(OCC)OCC.Cc1ccccc1. The lowest BCUT2D eigenvalue weighted by Gasteiger charge is -2.28. The number of hydrogen-bond acceptors (Lipinski definition) is 7. The minimum atomic E-state index is -2.58. The topological polar surface area (TPSA) is 54.0 Å². The van der Waals surface area contributed by atoms with E-state index in [-0.39, 0.29) is 0 Å². The highest BCUT2D eigenvalue weighted by molar-refractivity contribution is 8.19. The summed E-state index contributed by atoms with van der Waals surface area (Å²) in [5.74, 6) is 0. The van der Waals surface area contributed by atoms with Crippen LogP contribution in [0.25, 0.3) is 0 Å². The molecule has 0 heterocycles. The molecule has 0 aliphatic heterocycles. The first-order valence-corrected chi connectivity index (χ1v) is 12.1. The number of hydrogen-bond donors (Lipinski definition) is 0. The van der Waals surface area contributed by atoms with Crippen molar-refractivity contribution < 1.29 is 21.7 Å². The van der Waals surface area contributed by atoms with Gasteiger partial charge in [0.1, 0.15) is 0 Å². The largest absolute Gasteiger partial charge is 0.501 e. The monoisotopic (exact) mass is 393 g/mol. The molecule has 0 N–H and O–H groups in total. The van der Waals surface area contributed by atoms with Crippen LogP contribution in [0.4, 0.5) is 0 Å². The van der Waals surface area contributed by atoms with Gasteiger partial charge in [-0.15, -0.1) is 0 Å². The van der Waals surface area contributed by atoms with Crippen molar-refractivity contribution in [2.24, 2.45) is 0 Å². The fourth-order valence-corrected chi connectivity index (χ4v) is 4.99. The standard InChI is InChI=1S/C9H21O5S2Si.C7H8/c1-4-12-17(13-5-2,14-6-3)9-7-8-11-16(10)15;1-7-5-3-2-4-6-7/h4-9H2,1-3H3;2-6H,1H3/q-1;. The Morgan fingerprint density at radius 1 is 1.00 bits per heavy atom. The predicted octanol–water partition coefficient (Wildman–Crippen LogP) is 3.78. The minimum absolute atomic E-state index is 0.331. The third kappa shape index (κ3) is 12.1. The van der Waals surface area contributed by atoms with Crippen molar-refractivity contribution in [3.63, 3.8) is 0 Å². The summed E-state index contributed by atoms with van der Waals surface area (Å²) in [6, 6.07) is 10.9. The summed E-state index contributed by atoms with van der Waals surface area (Å²) in [6.45, 7) is 9.82. The van der Waals surface area contributed by atoms with Crippen molar-refractivity contribution >= 4 is 29.6 Å². The van der Waals surface area contributed by atoms with Crippen molar-refractivity contribution in [3.05, 3.63) is 35.9 Å². The lowest BCUT2D eigenvalue weighted by atomic mass is 10.2. The summed E-state index contributed by atoms with van der Waals surface area (Å²) >= 11 is 4.41. The normalized spacial score (nSPS) is 11.2. The summed E-state index contributed by atoms with van der Waals surface area (Å²) in [7, 11) is -4.21. The van der Waals surface area contributed by atoms with E-state index in [1.165, 1.54) is 5.56 Å². The molecule has 0 saturated carbocycles. The molecule has 0 unspecified atom stereocenters. The Morgan fingerprint density at radius 3 is 1.83 bits per heavy atom. The van der Waals surface area contributed by atoms with E-state index in [1.54, 1.807) is 0 Å². The van der Waals surface area contributed by atoms with Gasteiger partial charge in [-0.1, -0.05) is 45.5 Å². The molecule has 0 aliphatic carbocycles. The molecule has 0 spiro atoms. The van der Waals surface area contributed by atoms with Gasteiger partial charge in [0.15, 0.2) is 0 Å². The molecule has 24 heavy (non-hydrogen) atoms. The quantitative estimate of drug-likeness (QED) is 0.324. The zero-order valence-electron chi connectivity index (χ0n) is 15.0. The summed E-state index contributed by atoms with van der Waals surface area (Å²) in [5, 5.41) is 0. The summed E-state index contributed by atoms with van der Waals surface area (Å²) in [4.78, 5) is 0. The van der Waals surface area contributed by atoms with Crippen molar-refractivity contribution in [2.45, 2.75) is 40.2 Å². The number of rotatable bonds is 11. The molecule has 1 rings (SSSR count). The fraction of sp³-hybridized carbons (Fsp3) is 0.625. The third-order valence-electron chi connectivity index (χ3n) is 2.84.